The summed E-state index contributed by atoms with van der Waals surface area (Å²) in [5, 5.41) is 3.45. The smallest absolute Gasteiger partial charge is 0.0602 e. The molecule has 1 aliphatic rings. The lowest BCUT2D eigenvalue weighted by atomic mass is 9.94. The molecule has 0 amide bonds. The maximum absolute atomic E-state index is 3.45. The molecule has 1 N–H and O–H groups in total. The summed E-state index contributed by atoms with van der Waals surface area (Å²) >= 11 is 0. The zero-order chi connectivity index (χ0) is 14.7. The summed E-state index contributed by atoms with van der Waals surface area (Å²) in [7, 11) is 0. The van der Waals surface area contributed by atoms with Gasteiger partial charge in [0.2, 0.25) is 0 Å². The van der Waals surface area contributed by atoms with Crippen LogP contribution >= 0.6 is 0 Å². The van der Waals surface area contributed by atoms with Gasteiger partial charge in [-0.2, -0.15) is 0 Å². The quantitative estimate of drug-likeness (QED) is 0.928. The van der Waals surface area contributed by atoms with Crippen molar-refractivity contribution in [3.8, 4) is 0 Å². The first-order valence-corrected chi connectivity index (χ1v) is 7.82. The van der Waals surface area contributed by atoms with Crippen LogP contribution in [-0.2, 0) is 0 Å². The Morgan fingerprint density at radius 3 is 2.24 bits per heavy atom. The number of rotatable bonds is 3. The summed E-state index contributed by atoms with van der Waals surface area (Å²) < 4.78 is 0. The Morgan fingerprint density at radius 2 is 1.57 bits per heavy atom. The fourth-order valence-electron chi connectivity index (χ4n) is 3.12. The van der Waals surface area contributed by atoms with Crippen LogP contribution in [0.15, 0.2) is 48.5 Å². The van der Waals surface area contributed by atoms with Gasteiger partial charge >= 0.3 is 0 Å². The molecule has 1 fully saturated rings. The minimum atomic E-state index is 0.368. The van der Waals surface area contributed by atoms with Gasteiger partial charge in [-0.25, -0.2) is 0 Å². The number of nitrogens with one attached hydrogen (secondary N) is 1. The van der Waals surface area contributed by atoms with Crippen LogP contribution in [0.1, 0.15) is 28.3 Å². The minimum Gasteiger partial charge on any atom is -0.314 e. The number of piperazine rings is 1. The van der Waals surface area contributed by atoms with E-state index in [0.29, 0.717) is 6.04 Å². The summed E-state index contributed by atoms with van der Waals surface area (Å²) in [5.74, 6) is 0. The molecule has 0 spiro atoms. The predicted octanol–water partition coefficient (Wildman–Crippen LogP) is 3.30. The van der Waals surface area contributed by atoms with Crippen molar-refractivity contribution in [2.24, 2.45) is 0 Å². The molecule has 2 aromatic carbocycles. The molecule has 1 aliphatic heterocycles. The van der Waals surface area contributed by atoms with E-state index in [1.165, 1.54) is 22.3 Å². The van der Waals surface area contributed by atoms with Gasteiger partial charge in [-0.1, -0.05) is 48.5 Å². The first-order chi connectivity index (χ1) is 10.3. The zero-order valence-electron chi connectivity index (χ0n) is 13.0. The Balaban J connectivity index is 2.00. The molecule has 0 aromatic heterocycles. The highest BCUT2D eigenvalue weighted by Crippen LogP contribution is 2.30. The van der Waals surface area contributed by atoms with Gasteiger partial charge in [-0.05, 0) is 36.1 Å². The van der Waals surface area contributed by atoms with Gasteiger partial charge in [0.15, 0.2) is 0 Å². The van der Waals surface area contributed by atoms with E-state index in [2.05, 4.69) is 72.6 Å². The van der Waals surface area contributed by atoms with Crippen molar-refractivity contribution in [3.05, 3.63) is 70.8 Å². The lowest BCUT2D eigenvalue weighted by molar-refractivity contribution is 0.198. The number of nitrogens with zero attached hydrogens (tertiary/aromatic N) is 1. The lowest BCUT2D eigenvalue weighted by Gasteiger charge is -2.35. The minimum absolute atomic E-state index is 0.368. The van der Waals surface area contributed by atoms with Crippen LogP contribution < -0.4 is 5.32 Å². The molecular weight excluding hydrogens is 256 g/mol. The molecular formula is C19H24N2. The van der Waals surface area contributed by atoms with Gasteiger partial charge in [-0.15, -0.1) is 0 Å². The van der Waals surface area contributed by atoms with Crippen LogP contribution in [0.3, 0.4) is 0 Å². The van der Waals surface area contributed by atoms with E-state index < -0.39 is 0 Å². The van der Waals surface area contributed by atoms with Crippen LogP contribution in [0.4, 0.5) is 0 Å². The molecule has 110 valence electrons. The van der Waals surface area contributed by atoms with Crippen molar-refractivity contribution in [3.63, 3.8) is 0 Å². The molecule has 1 heterocycles. The van der Waals surface area contributed by atoms with Gasteiger partial charge in [-0.3, -0.25) is 4.90 Å². The molecule has 2 aromatic rings. The van der Waals surface area contributed by atoms with Crippen LogP contribution in [0.25, 0.3) is 0 Å². The third-order valence-corrected chi connectivity index (χ3v) is 4.48. The van der Waals surface area contributed by atoms with Crippen molar-refractivity contribution in [1.29, 1.82) is 0 Å². The fourth-order valence-corrected chi connectivity index (χ4v) is 3.12. The van der Waals surface area contributed by atoms with Gasteiger partial charge in [0.05, 0.1) is 6.04 Å². The van der Waals surface area contributed by atoms with Crippen molar-refractivity contribution < 1.29 is 0 Å². The van der Waals surface area contributed by atoms with E-state index in [1.54, 1.807) is 0 Å². The van der Waals surface area contributed by atoms with Crippen molar-refractivity contribution >= 4 is 0 Å². The number of hydrogen-bond acceptors (Lipinski definition) is 2. The fraction of sp³-hybridized carbons (Fsp3) is 0.368. The van der Waals surface area contributed by atoms with Crippen LogP contribution in [0.2, 0.25) is 0 Å². The van der Waals surface area contributed by atoms with Crippen LogP contribution in [0, 0.1) is 13.8 Å². The van der Waals surface area contributed by atoms with Crippen molar-refractivity contribution in [2.45, 2.75) is 19.9 Å². The monoisotopic (exact) mass is 280 g/mol. The summed E-state index contributed by atoms with van der Waals surface area (Å²) in [5.41, 5.74) is 5.54. The first-order valence-electron chi connectivity index (χ1n) is 7.82. The van der Waals surface area contributed by atoms with Crippen LogP contribution in [0.5, 0.6) is 0 Å². The van der Waals surface area contributed by atoms with E-state index in [9.17, 15) is 0 Å². The highest BCUT2D eigenvalue weighted by molar-refractivity contribution is 5.37. The number of aryl methyl sites for hydroxylation is 2. The first kappa shape index (κ1) is 14.3. The van der Waals surface area contributed by atoms with E-state index in [-0.39, 0.29) is 0 Å². The second-order valence-electron chi connectivity index (χ2n) is 5.94. The van der Waals surface area contributed by atoms with E-state index >= 15 is 0 Å². The summed E-state index contributed by atoms with van der Waals surface area (Å²) in [6.45, 7) is 8.75. The molecule has 2 nitrogen and oxygen atoms in total. The van der Waals surface area contributed by atoms with Gasteiger partial charge < -0.3 is 5.32 Å². The molecule has 1 saturated heterocycles. The number of benzene rings is 2. The highest BCUT2D eigenvalue weighted by Gasteiger charge is 2.23. The highest BCUT2D eigenvalue weighted by atomic mass is 15.2. The van der Waals surface area contributed by atoms with Gasteiger partial charge in [0, 0.05) is 26.2 Å². The molecule has 21 heavy (non-hydrogen) atoms. The molecule has 0 radical (unpaired) electrons. The van der Waals surface area contributed by atoms with Crippen molar-refractivity contribution in [2.75, 3.05) is 26.2 Å². The normalized spacial score (nSPS) is 17.6. The molecule has 0 saturated carbocycles. The second-order valence-corrected chi connectivity index (χ2v) is 5.94. The maximum Gasteiger partial charge on any atom is 0.0602 e. The average molecular weight is 280 g/mol. The summed E-state index contributed by atoms with van der Waals surface area (Å²) in [6, 6.07) is 18.2. The Hall–Kier alpha value is -1.64. The SMILES string of the molecule is Cc1ccc(C(c2ccccc2)N2CCNCC2)cc1C. The molecule has 0 bridgehead atoms. The van der Waals surface area contributed by atoms with Gasteiger partial charge in [0.1, 0.15) is 0 Å². The summed E-state index contributed by atoms with van der Waals surface area (Å²) in [6.07, 6.45) is 0. The Labute approximate surface area is 127 Å². The Morgan fingerprint density at radius 1 is 0.857 bits per heavy atom. The predicted molar refractivity (Wildman–Crippen MR) is 88.6 cm³/mol. The molecule has 2 heteroatoms. The molecule has 1 atom stereocenters. The largest absolute Gasteiger partial charge is 0.314 e. The molecule has 3 rings (SSSR count). The standard InChI is InChI=1S/C19H24N2/c1-15-8-9-18(14-16(15)2)19(17-6-4-3-5-7-17)21-12-10-20-11-13-21/h3-9,14,19-20H,10-13H2,1-2H3. The molecule has 1 unspecified atom stereocenters. The maximum atomic E-state index is 3.45. The molecule has 0 aliphatic carbocycles. The zero-order valence-corrected chi connectivity index (χ0v) is 13.0. The second kappa shape index (κ2) is 6.42. The van der Waals surface area contributed by atoms with E-state index in [4.69, 9.17) is 0 Å². The van der Waals surface area contributed by atoms with E-state index in [0.717, 1.165) is 26.2 Å². The van der Waals surface area contributed by atoms with Gasteiger partial charge in [0.25, 0.3) is 0 Å². The van der Waals surface area contributed by atoms with Crippen LogP contribution in [-0.4, -0.2) is 31.1 Å². The third kappa shape index (κ3) is 3.17. The third-order valence-electron chi connectivity index (χ3n) is 4.48. The average Bonchev–Trinajstić information content (AvgIpc) is 2.53. The van der Waals surface area contributed by atoms with E-state index in [1.807, 2.05) is 0 Å². The number of hydrogen-bond donors (Lipinski definition) is 1. The Kier molecular flexibility index (Phi) is 4.37. The lowest BCUT2D eigenvalue weighted by Crippen LogP contribution is -2.45. The van der Waals surface area contributed by atoms with Crippen molar-refractivity contribution in [1.82, 2.24) is 10.2 Å². The topological polar surface area (TPSA) is 15.3 Å². The Bertz CT molecular complexity index is 586. The summed E-state index contributed by atoms with van der Waals surface area (Å²) in [4.78, 5) is 2.59.